The van der Waals surface area contributed by atoms with Crippen LogP contribution >= 0.6 is 11.8 Å². The lowest BCUT2D eigenvalue weighted by atomic mass is 10.2. The summed E-state index contributed by atoms with van der Waals surface area (Å²) in [5.74, 6) is 4.88. The van der Waals surface area contributed by atoms with E-state index in [1.807, 2.05) is 26.0 Å². The fourth-order valence-corrected chi connectivity index (χ4v) is 3.83. The second-order valence-corrected chi connectivity index (χ2v) is 7.37. The van der Waals surface area contributed by atoms with E-state index < -0.39 is 0 Å². The van der Waals surface area contributed by atoms with Gasteiger partial charge >= 0.3 is 0 Å². The van der Waals surface area contributed by atoms with Crippen LogP contribution in [0.1, 0.15) is 33.6 Å². The Morgan fingerprint density at radius 2 is 1.86 bits per heavy atom. The van der Waals surface area contributed by atoms with Crippen LogP contribution in [0.3, 0.4) is 0 Å². The minimum absolute atomic E-state index is 0. The van der Waals surface area contributed by atoms with Gasteiger partial charge in [0.2, 0.25) is 0 Å². The SMILES string of the molecule is C1CCSC1.CC.CC1COCCN1c1ccnc(-c2ccnc(N)c2)n1.N. The Morgan fingerprint density at radius 3 is 2.46 bits per heavy atom. The van der Waals surface area contributed by atoms with Gasteiger partial charge in [-0.3, -0.25) is 0 Å². The Kier molecular flexibility index (Phi) is 11.5. The summed E-state index contributed by atoms with van der Waals surface area (Å²) >= 11 is 2.07. The number of anilines is 2. The summed E-state index contributed by atoms with van der Waals surface area (Å²) in [6.07, 6.45) is 6.36. The first-order valence-corrected chi connectivity index (χ1v) is 10.9. The molecule has 156 valence electrons. The van der Waals surface area contributed by atoms with Crippen molar-refractivity contribution in [2.24, 2.45) is 0 Å². The largest absolute Gasteiger partial charge is 0.384 e. The Labute approximate surface area is 173 Å². The molecule has 2 aromatic rings. The molecule has 0 bridgehead atoms. The van der Waals surface area contributed by atoms with E-state index in [9.17, 15) is 0 Å². The maximum atomic E-state index is 5.71. The zero-order valence-electron chi connectivity index (χ0n) is 17.3. The minimum Gasteiger partial charge on any atom is -0.384 e. The third-order valence-electron chi connectivity index (χ3n) is 4.17. The minimum atomic E-state index is 0. The average Bonchev–Trinajstić information content (AvgIpc) is 3.30. The molecule has 0 radical (unpaired) electrons. The molecular formula is C20H34N6OS. The predicted molar refractivity (Wildman–Crippen MR) is 120 cm³/mol. The quantitative estimate of drug-likeness (QED) is 0.768. The number of thioether (sulfide) groups is 1. The monoisotopic (exact) mass is 406 g/mol. The fraction of sp³-hybridized carbons (Fsp3) is 0.550. The molecular weight excluding hydrogens is 372 g/mol. The molecule has 28 heavy (non-hydrogen) atoms. The molecule has 0 saturated carbocycles. The number of hydrogen-bond acceptors (Lipinski definition) is 8. The van der Waals surface area contributed by atoms with Crippen molar-refractivity contribution in [3.05, 3.63) is 30.6 Å². The first-order valence-electron chi connectivity index (χ1n) is 9.71. The molecule has 1 atom stereocenters. The maximum Gasteiger partial charge on any atom is 0.161 e. The highest BCUT2D eigenvalue weighted by Crippen LogP contribution is 2.21. The Balaban J connectivity index is 0.000000421. The molecule has 0 aliphatic carbocycles. The van der Waals surface area contributed by atoms with Crippen LogP contribution in [0, 0.1) is 0 Å². The fourth-order valence-electron chi connectivity index (χ4n) is 2.81. The van der Waals surface area contributed by atoms with Gasteiger partial charge in [-0.25, -0.2) is 15.0 Å². The standard InChI is InChI=1S/C14H17N5O.C4H8S.C2H6.H3N/c1-10-9-20-7-6-19(10)13-3-5-17-14(18-13)11-2-4-16-12(15)8-11;1-2-4-5-3-1;1-2;/h2-5,8,10H,6-7,9H2,1H3,(H2,15,16);1-4H2;1-2H3;1H3. The van der Waals surface area contributed by atoms with E-state index in [1.165, 1.54) is 24.3 Å². The Bertz CT molecular complexity index is 676. The van der Waals surface area contributed by atoms with Crippen molar-refractivity contribution in [2.75, 3.05) is 41.9 Å². The summed E-state index contributed by atoms with van der Waals surface area (Å²) in [6.45, 7) is 8.43. The topological polar surface area (TPSA) is 112 Å². The van der Waals surface area contributed by atoms with Crippen molar-refractivity contribution in [3.8, 4) is 11.4 Å². The number of rotatable bonds is 2. The van der Waals surface area contributed by atoms with Gasteiger partial charge in [-0.1, -0.05) is 13.8 Å². The van der Waals surface area contributed by atoms with E-state index in [-0.39, 0.29) is 6.15 Å². The summed E-state index contributed by atoms with van der Waals surface area (Å²) in [6, 6.07) is 5.88. The van der Waals surface area contributed by atoms with Crippen LogP contribution in [0.4, 0.5) is 11.6 Å². The highest BCUT2D eigenvalue weighted by molar-refractivity contribution is 7.99. The van der Waals surface area contributed by atoms with Crippen molar-refractivity contribution in [1.82, 2.24) is 21.1 Å². The number of nitrogens with two attached hydrogens (primary N) is 1. The van der Waals surface area contributed by atoms with E-state index in [4.69, 9.17) is 10.5 Å². The van der Waals surface area contributed by atoms with Crippen molar-refractivity contribution < 1.29 is 4.74 Å². The van der Waals surface area contributed by atoms with Gasteiger partial charge in [0.25, 0.3) is 0 Å². The van der Waals surface area contributed by atoms with Crippen LogP contribution in [-0.4, -0.2) is 52.3 Å². The highest BCUT2D eigenvalue weighted by Gasteiger charge is 2.20. The molecule has 0 amide bonds. The normalized spacial score (nSPS) is 18.1. The number of aromatic nitrogens is 3. The highest BCUT2D eigenvalue weighted by atomic mass is 32.2. The summed E-state index contributed by atoms with van der Waals surface area (Å²) < 4.78 is 5.45. The number of hydrogen-bond donors (Lipinski definition) is 2. The summed E-state index contributed by atoms with van der Waals surface area (Å²) in [4.78, 5) is 15.2. The second-order valence-electron chi connectivity index (χ2n) is 6.14. The molecule has 2 aliphatic rings. The molecule has 2 fully saturated rings. The molecule has 1 unspecified atom stereocenters. The second kappa shape index (κ2) is 13.3. The lowest BCUT2D eigenvalue weighted by Crippen LogP contribution is -2.44. The Hall–Kier alpha value is -1.90. The molecule has 7 nitrogen and oxygen atoms in total. The van der Waals surface area contributed by atoms with Crippen LogP contribution < -0.4 is 16.8 Å². The molecule has 2 saturated heterocycles. The van der Waals surface area contributed by atoms with Gasteiger partial charge in [-0.2, -0.15) is 11.8 Å². The number of morpholine rings is 1. The molecule has 8 heteroatoms. The van der Waals surface area contributed by atoms with Crippen molar-refractivity contribution in [1.29, 1.82) is 0 Å². The first-order chi connectivity index (χ1) is 13.2. The molecule has 2 aromatic heterocycles. The molecule has 4 heterocycles. The van der Waals surface area contributed by atoms with Gasteiger partial charge < -0.3 is 21.5 Å². The number of pyridine rings is 1. The van der Waals surface area contributed by atoms with Gasteiger partial charge in [-0.15, -0.1) is 0 Å². The summed E-state index contributed by atoms with van der Waals surface area (Å²) in [5.41, 5.74) is 6.58. The smallest absolute Gasteiger partial charge is 0.161 e. The molecule has 4 rings (SSSR count). The molecule has 5 N–H and O–H groups in total. The summed E-state index contributed by atoms with van der Waals surface area (Å²) in [7, 11) is 0. The van der Waals surface area contributed by atoms with Crippen LogP contribution in [0.15, 0.2) is 30.6 Å². The zero-order chi connectivity index (χ0) is 19.5. The molecule has 2 aliphatic heterocycles. The van der Waals surface area contributed by atoms with Crippen LogP contribution in [-0.2, 0) is 4.74 Å². The van der Waals surface area contributed by atoms with Crippen LogP contribution in [0.5, 0.6) is 0 Å². The zero-order valence-corrected chi connectivity index (χ0v) is 18.1. The van der Waals surface area contributed by atoms with Crippen molar-refractivity contribution >= 4 is 23.4 Å². The first kappa shape index (κ1) is 24.1. The summed E-state index contributed by atoms with van der Waals surface area (Å²) in [5, 5.41) is 0. The van der Waals surface area contributed by atoms with Gasteiger partial charge in [0.1, 0.15) is 11.6 Å². The third-order valence-corrected chi connectivity index (χ3v) is 5.32. The van der Waals surface area contributed by atoms with Gasteiger partial charge in [0.15, 0.2) is 5.82 Å². The van der Waals surface area contributed by atoms with E-state index in [2.05, 4.69) is 38.5 Å². The maximum absolute atomic E-state index is 5.71. The van der Waals surface area contributed by atoms with E-state index >= 15 is 0 Å². The van der Waals surface area contributed by atoms with E-state index in [0.717, 1.165) is 31.1 Å². The number of nitrogens with zero attached hydrogens (tertiary/aromatic N) is 4. The van der Waals surface area contributed by atoms with E-state index in [0.29, 0.717) is 17.7 Å². The van der Waals surface area contributed by atoms with Gasteiger partial charge in [0, 0.05) is 24.5 Å². The van der Waals surface area contributed by atoms with Crippen LogP contribution in [0.25, 0.3) is 11.4 Å². The Morgan fingerprint density at radius 1 is 1.14 bits per heavy atom. The van der Waals surface area contributed by atoms with Gasteiger partial charge in [0.05, 0.1) is 19.3 Å². The molecule has 0 spiro atoms. The number of ether oxygens (including phenoxy) is 1. The average molecular weight is 407 g/mol. The third kappa shape index (κ3) is 7.26. The number of nitrogen functional groups attached to an aromatic ring is 1. The van der Waals surface area contributed by atoms with Crippen molar-refractivity contribution in [2.45, 2.75) is 39.7 Å². The predicted octanol–water partition coefficient (Wildman–Crippen LogP) is 4.05. The lowest BCUT2D eigenvalue weighted by Gasteiger charge is -2.34. The van der Waals surface area contributed by atoms with Gasteiger partial charge in [-0.05, 0) is 49.5 Å². The van der Waals surface area contributed by atoms with Crippen molar-refractivity contribution in [3.63, 3.8) is 0 Å². The lowest BCUT2D eigenvalue weighted by molar-refractivity contribution is 0.0985. The molecule has 0 aromatic carbocycles. The van der Waals surface area contributed by atoms with E-state index in [1.54, 1.807) is 18.5 Å². The van der Waals surface area contributed by atoms with Crippen LogP contribution in [0.2, 0.25) is 0 Å².